The molecule has 5 heteroatoms. The van der Waals surface area contributed by atoms with Crippen LogP contribution >= 0.6 is 12.2 Å². The lowest BCUT2D eigenvalue weighted by atomic mass is 10.2. The molecule has 0 saturated heterocycles. The Bertz CT molecular complexity index is 424. The second-order valence-electron chi connectivity index (χ2n) is 4.27. The topological polar surface area (TPSA) is 53.7 Å². The van der Waals surface area contributed by atoms with E-state index < -0.39 is 0 Å². The molecule has 0 heterocycles. The molecule has 1 aromatic rings. The van der Waals surface area contributed by atoms with Gasteiger partial charge in [-0.05, 0) is 31.5 Å². The van der Waals surface area contributed by atoms with E-state index in [4.69, 9.17) is 32.2 Å². The Kier molecular flexibility index (Phi) is 7.99. The van der Waals surface area contributed by atoms with Gasteiger partial charge in [0.1, 0.15) is 11.6 Å². The van der Waals surface area contributed by atoms with Crippen molar-refractivity contribution in [3.63, 3.8) is 0 Å². The Balaban J connectivity index is 2.53. The van der Waals surface area contributed by atoms with E-state index in [0.717, 1.165) is 25.0 Å². The minimum Gasteiger partial charge on any atom is -0.490 e. The van der Waals surface area contributed by atoms with E-state index in [2.05, 4.69) is 6.92 Å². The molecule has 0 radical (unpaired) electrons. The second-order valence-corrected chi connectivity index (χ2v) is 4.71. The van der Waals surface area contributed by atoms with E-state index in [9.17, 15) is 0 Å². The Morgan fingerprint density at radius 3 is 2.55 bits per heavy atom. The van der Waals surface area contributed by atoms with Gasteiger partial charge in [-0.3, -0.25) is 0 Å². The third-order valence-corrected chi connectivity index (χ3v) is 2.89. The summed E-state index contributed by atoms with van der Waals surface area (Å²) in [4.78, 5) is 0.348. The molecule has 0 aromatic heterocycles. The van der Waals surface area contributed by atoms with E-state index in [1.165, 1.54) is 0 Å². The van der Waals surface area contributed by atoms with Gasteiger partial charge >= 0.3 is 0 Å². The van der Waals surface area contributed by atoms with Crippen LogP contribution < -0.4 is 15.2 Å². The fraction of sp³-hybridized carbons (Fsp3) is 0.533. The fourth-order valence-electron chi connectivity index (χ4n) is 1.61. The van der Waals surface area contributed by atoms with Gasteiger partial charge in [-0.1, -0.05) is 25.6 Å². The lowest BCUT2D eigenvalue weighted by Crippen LogP contribution is -2.11. The standard InChI is InChI=1S/C15H23NO3S/c1-3-5-8-17-9-10-19-13-7-6-12(15(16)20)11-14(13)18-4-2/h6-7,11H,3-5,8-10H2,1-2H3,(H2,16,20). The van der Waals surface area contributed by atoms with Crippen LogP contribution in [0, 0.1) is 0 Å². The zero-order valence-corrected chi connectivity index (χ0v) is 13.0. The first-order chi connectivity index (χ1) is 9.69. The maximum atomic E-state index is 5.67. The fourth-order valence-corrected chi connectivity index (χ4v) is 1.73. The van der Waals surface area contributed by atoms with E-state index in [-0.39, 0.29) is 0 Å². The number of thiocarbonyl (C=S) groups is 1. The van der Waals surface area contributed by atoms with Gasteiger partial charge in [0.25, 0.3) is 0 Å². The maximum Gasteiger partial charge on any atom is 0.161 e. The van der Waals surface area contributed by atoms with Crippen molar-refractivity contribution in [3.8, 4) is 11.5 Å². The van der Waals surface area contributed by atoms with Crippen LogP contribution in [-0.2, 0) is 4.74 Å². The second kappa shape index (κ2) is 9.55. The monoisotopic (exact) mass is 297 g/mol. The van der Waals surface area contributed by atoms with Crippen molar-refractivity contribution in [3.05, 3.63) is 23.8 Å². The van der Waals surface area contributed by atoms with Crippen LogP contribution in [0.1, 0.15) is 32.3 Å². The quantitative estimate of drug-likeness (QED) is 0.531. The molecule has 0 spiro atoms. The van der Waals surface area contributed by atoms with Gasteiger partial charge < -0.3 is 19.9 Å². The van der Waals surface area contributed by atoms with Crippen LogP contribution in [0.2, 0.25) is 0 Å². The van der Waals surface area contributed by atoms with Crippen molar-refractivity contribution in [2.45, 2.75) is 26.7 Å². The van der Waals surface area contributed by atoms with Gasteiger partial charge in [0.2, 0.25) is 0 Å². The molecule has 0 aliphatic carbocycles. The summed E-state index contributed by atoms with van der Waals surface area (Å²) in [5, 5.41) is 0. The highest BCUT2D eigenvalue weighted by Crippen LogP contribution is 2.28. The highest BCUT2D eigenvalue weighted by atomic mass is 32.1. The summed E-state index contributed by atoms with van der Waals surface area (Å²) in [6.45, 7) is 6.46. The van der Waals surface area contributed by atoms with E-state index in [0.29, 0.717) is 36.3 Å². The molecular formula is C15H23NO3S. The molecule has 2 N–H and O–H groups in total. The molecular weight excluding hydrogens is 274 g/mol. The molecule has 0 amide bonds. The van der Waals surface area contributed by atoms with Crippen molar-refractivity contribution in [2.24, 2.45) is 5.73 Å². The van der Waals surface area contributed by atoms with Crippen LogP contribution in [-0.4, -0.2) is 31.4 Å². The van der Waals surface area contributed by atoms with Crippen molar-refractivity contribution < 1.29 is 14.2 Å². The Morgan fingerprint density at radius 2 is 1.90 bits per heavy atom. The number of benzene rings is 1. The average Bonchev–Trinajstić information content (AvgIpc) is 2.44. The number of hydrogen-bond donors (Lipinski definition) is 1. The van der Waals surface area contributed by atoms with Gasteiger partial charge in [0.05, 0.1) is 13.2 Å². The molecule has 0 bridgehead atoms. The number of hydrogen-bond acceptors (Lipinski definition) is 4. The van der Waals surface area contributed by atoms with Crippen molar-refractivity contribution in [1.82, 2.24) is 0 Å². The number of nitrogens with two attached hydrogens (primary N) is 1. The molecule has 0 aliphatic rings. The first-order valence-corrected chi connectivity index (χ1v) is 7.37. The van der Waals surface area contributed by atoms with Gasteiger partial charge in [-0.25, -0.2) is 0 Å². The highest BCUT2D eigenvalue weighted by molar-refractivity contribution is 7.80. The molecule has 4 nitrogen and oxygen atoms in total. The minimum atomic E-state index is 0.348. The number of unbranched alkanes of at least 4 members (excludes halogenated alkanes) is 1. The van der Waals surface area contributed by atoms with Gasteiger partial charge in [-0.2, -0.15) is 0 Å². The van der Waals surface area contributed by atoms with Crippen LogP contribution in [0.15, 0.2) is 18.2 Å². The normalized spacial score (nSPS) is 10.3. The van der Waals surface area contributed by atoms with E-state index in [1.807, 2.05) is 19.1 Å². The molecule has 0 aliphatic heterocycles. The molecule has 0 unspecified atom stereocenters. The van der Waals surface area contributed by atoms with Gasteiger partial charge in [0.15, 0.2) is 11.5 Å². The molecule has 0 atom stereocenters. The minimum absolute atomic E-state index is 0.348. The first kappa shape index (κ1) is 16.7. The lowest BCUT2D eigenvalue weighted by Gasteiger charge is -2.13. The molecule has 0 saturated carbocycles. The van der Waals surface area contributed by atoms with Gasteiger partial charge in [0, 0.05) is 12.2 Å². The highest BCUT2D eigenvalue weighted by Gasteiger charge is 2.07. The number of rotatable bonds is 10. The summed E-state index contributed by atoms with van der Waals surface area (Å²) in [6, 6.07) is 5.46. The number of ether oxygens (including phenoxy) is 3. The van der Waals surface area contributed by atoms with Crippen LogP contribution in [0.4, 0.5) is 0 Å². The summed E-state index contributed by atoms with van der Waals surface area (Å²) in [6.07, 6.45) is 2.21. The lowest BCUT2D eigenvalue weighted by molar-refractivity contribution is 0.0967. The summed E-state index contributed by atoms with van der Waals surface area (Å²) >= 11 is 4.96. The predicted molar refractivity (Wildman–Crippen MR) is 84.7 cm³/mol. The molecule has 0 fully saturated rings. The zero-order valence-electron chi connectivity index (χ0n) is 12.2. The third kappa shape index (κ3) is 5.75. The van der Waals surface area contributed by atoms with E-state index in [1.54, 1.807) is 6.07 Å². The molecule has 1 rings (SSSR count). The summed E-state index contributed by atoms with van der Waals surface area (Å²) in [5.74, 6) is 1.34. The Labute approximate surface area is 126 Å². The SMILES string of the molecule is CCCCOCCOc1ccc(C(N)=S)cc1OCC. The third-order valence-electron chi connectivity index (χ3n) is 2.66. The van der Waals surface area contributed by atoms with Crippen molar-refractivity contribution >= 4 is 17.2 Å². The largest absolute Gasteiger partial charge is 0.490 e. The Hall–Kier alpha value is -1.33. The zero-order chi connectivity index (χ0) is 14.8. The summed E-state index contributed by atoms with van der Waals surface area (Å²) in [5.41, 5.74) is 6.39. The van der Waals surface area contributed by atoms with Gasteiger partial charge in [-0.15, -0.1) is 0 Å². The van der Waals surface area contributed by atoms with Crippen LogP contribution in [0.5, 0.6) is 11.5 Å². The first-order valence-electron chi connectivity index (χ1n) is 6.96. The maximum absolute atomic E-state index is 5.67. The van der Waals surface area contributed by atoms with Crippen molar-refractivity contribution in [1.29, 1.82) is 0 Å². The summed E-state index contributed by atoms with van der Waals surface area (Å²) < 4.78 is 16.7. The Morgan fingerprint density at radius 1 is 1.10 bits per heavy atom. The predicted octanol–water partition coefficient (Wildman–Crippen LogP) is 2.92. The molecule has 20 heavy (non-hydrogen) atoms. The molecule has 112 valence electrons. The van der Waals surface area contributed by atoms with E-state index >= 15 is 0 Å². The van der Waals surface area contributed by atoms with Crippen molar-refractivity contribution in [2.75, 3.05) is 26.4 Å². The average molecular weight is 297 g/mol. The van der Waals surface area contributed by atoms with Crippen LogP contribution in [0.3, 0.4) is 0 Å². The summed E-state index contributed by atoms with van der Waals surface area (Å²) in [7, 11) is 0. The smallest absolute Gasteiger partial charge is 0.161 e. The van der Waals surface area contributed by atoms with Crippen LogP contribution in [0.25, 0.3) is 0 Å². The molecule has 1 aromatic carbocycles.